The summed E-state index contributed by atoms with van der Waals surface area (Å²) in [6.07, 6.45) is 0. The molecule has 0 saturated carbocycles. The van der Waals surface area contributed by atoms with Crippen LogP contribution in [0.2, 0.25) is 5.02 Å². The smallest absolute Gasteiger partial charge is 0.181 e. The summed E-state index contributed by atoms with van der Waals surface area (Å²) < 4.78 is 23.8. The van der Waals surface area contributed by atoms with Crippen molar-refractivity contribution in [2.24, 2.45) is 5.73 Å². The lowest BCUT2D eigenvalue weighted by Crippen LogP contribution is -2.17. The molecular weight excluding hydrogens is 269 g/mol. The molecule has 0 radical (unpaired) electrons. The molecule has 92 valence electrons. The Labute approximate surface area is 107 Å². The maximum atomic E-state index is 11.9. The van der Waals surface area contributed by atoms with Crippen LogP contribution < -0.4 is 5.73 Å². The van der Waals surface area contributed by atoms with Gasteiger partial charge in [-0.2, -0.15) is 0 Å². The highest BCUT2D eigenvalue weighted by atomic mass is 35.5. The Morgan fingerprint density at radius 1 is 1.38 bits per heavy atom. The van der Waals surface area contributed by atoms with Crippen LogP contribution in [0.15, 0.2) is 23.1 Å². The molecule has 16 heavy (non-hydrogen) atoms. The van der Waals surface area contributed by atoms with E-state index in [0.717, 1.165) is 0 Å². The van der Waals surface area contributed by atoms with E-state index in [4.69, 9.17) is 17.3 Å². The summed E-state index contributed by atoms with van der Waals surface area (Å²) in [5, 5.41) is 0.0436. The Bertz CT molecular complexity index is 458. The maximum Gasteiger partial charge on any atom is 0.181 e. The van der Waals surface area contributed by atoms with E-state index in [1.54, 1.807) is 26.0 Å². The van der Waals surface area contributed by atoms with Crippen LogP contribution >= 0.6 is 24.0 Å². The minimum atomic E-state index is -3.28. The van der Waals surface area contributed by atoms with Gasteiger partial charge in [-0.3, -0.25) is 0 Å². The normalized spacial score (nSPS) is 11.3. The lowest BCUT2D eigenvalue weighted by molar-refractivity contribution is 0.586. The van der Waals surface area contributed by atoms with Gasteiger partial charge in [-0.1, -0.05) is 11.6 Å². The molecule has 6 heteroatoms. The van der Waals surface area contributed by atoms with Gasteiger partial charge in [0.1, 0.15) is 0 Å². The summed E-state index contributed by atoms with van der Waals surface area (Å²) in [5.74, 6) is 0. The zero-order valence-electron chi connectivity index (χ0n) is 9.10. The minimum absolute atomic E-state index is 0. The highest BCUT2D eigenvalue weighted by molar-refractivity contribution is 7.92. The number of nitrogens with two attached hydrogens (primary N) is 1. The van der Waals surface area contributed by atoms with Crippen molar-refractivity contribution in [3.63, 3.8) is 0 Å². The Balaban J connectivity index is 0.00000225. The fraction of sp³-hybridized carbons (Fsp3) is 0.400. The summed E-state index contributed by atoms with van der Waals surface area (Å²) in [6.45, 7) is 3.45. The number of benzene rings is 1. The largest absolute Gasteiger partial charge is 0.326 e. The van der Waals surface area contributed by atoms with Gasteiger partial charge >= 0.3 is 0 Å². The molecule has 0 amide bonds. The van der Waals surface area contributed by atoms with Gasteiger partial charge in [-0.25, -0.2) is 8.42 Å². The third kappa shape index (κ3) is 3.10. The van der Waals surface area contributed by atoms with Crippen LogP contribution in [-0.2, 0) is 16.4 Å². The van der Waals surface area contributed by atoms with Crippen molar-refractivity contribution in [2.75, 3.05) is 0 Å². The van der Waals surface area contributed by atoms with Crippen LogP contribution in [0, 0.1) is 0 Å². The summed E-state index contributed by atoms with van der Waals surface area (Å²) in [7, 11) is -3.28. The lowest BCUT2D eigenvalue weighted by atomic mass is 10.2. The van der Waals surface area contributed by atoms with Crippen LogP contribution in [0.1, 0.15) is 19.4 Å². The van der Waals surface area contributed by atoms with Crippen molar-refractivity contribution >= 4 is 33.8 Å². The molecule has 0 atom stereocenters. The van der Waals surface area contributed by atoms with E-state index in [1.807, 2.05) is 0 Å². The lowest BCUT2D eigenvalue weighted by Gasteiger charge is -2.11. The van der Waals surface area contributed by atoms with Crippen molar-refractivity contribution in [1.82, 2.24) is 0 Å². The molecule has 0 bridgehead atoms. The summed E-state index contributed by atoms with van der Waals surface area (Å²) in [5.41, 5.74) is 6.06. The number of hydrogen-bond donors (Lipinski definition) is 1. The Hall–Kier alpha value is -0.290. The highest BCUT2D eigenvalue weighted by Gasteiger charge is 2.21. The zero-order chi connectivity index (χ0) is 11.6. The predicted molar refractivity (Wildman–Crippen MR) is 68.9 cm³/mol. The molecule has 0 fully saturated rings. The standard InChI is InChI=1S/C10H14ClNO2S.ClH/c1-7(2)15(13,14)10-4-3-9(11)5-8(10)6-12;/h3-5,7H,6,12H2,1-2H3;1H. The maximum absolute atomic E-state index is 11.9. The van der Waals surface area contributed by atoms with Crippen LogP contribution in [-0.4, -0.2) is 13.7 Å². The molecule has 1 rings (SSSR count). The molecule has 0 aromatic heterocycles. The van der Waals surface area contributed by atoms with Gasteiger partial charge < -0.3 is 5.73 Å². The van der Waals surface area contributed by atoms with E-state index in [2.05, 4.69) is 0 Å². The highest BCUT2D eigenvalue weighted by Crippen LogP contribution is 2.23. The molecule has 1 aromatic rings. The molecule has 3 nitrogen and oxygen atoms in total. The fourth-order valence-corrected chi connectivity index (χ4v) is 2.71. The predicted octanol–water partition coefficient (Wildman–Crippen LogP) is 2.40. The topological polar surface area (TPSA) is 60.2 Å². The first-order valence-electron chi connectivity index (χ1n) is 4.62. The molecule has 0 aliphatic heterocycles. The summed E-state index contributed by atoms with van der Waals surface area (Å²) in [6, 6.07) is 4.67. The summed E-state index contributed by atoms with van der Waals surface area (Å²) >= 11 is 5.77. The van der Waals surface area contributed by atoms with E-state index in [9.17, 15) is 8.42 Å². The molecule has 0 unspecified atom stereocenters. The molecule has 2 N–H and O–H groups in total. The van der Waals surface area contributed by atoms with E-state index < -0.39 is 15.1 Å². The van der Waals surface area contributed by atoms with Gasteiger partial charge in [-0.15, -0.1) is 12.4 Å². The SMILES string of the molecule is CC(C)S(=O)(=O)c1ccc(Cl)cc1CN.Cl. The number of hydrogen-bond acceptors (Lipinski definition) is 3. The Morgan fingerprint density at radius 3 is 2.38 bits per heavy atom. The first kappa shape index (κ1) is 15.7. The van der Waals surface area contributed by atoms with Crippen molar-refractivity contribution in [1.29, 1.82) is 0 Å². The molecule has 0 spiro atoms. The second-order valence-corrected chi connectivity index (χ2v) is 6.46. The van der Waals surface area contributed by atoms with Gasteiger partial charge in [0.2, 0.25) is 0 Å². The first-order chi connectivity index (χ1) is 6.89. The third-order valence-corrected chi connectivity index (χ3v) is 4.66. The van der Waals surface area contributed by atoms with Crippen LogP contribution in [0.25, 0.3) is 0 Å². The van der Waals surface area contributed by atoms with Crippen LogP contribution in [0.5, 0.6) is 0 Å². The quantitative estimate of drug-likeness (QED) is 0.927. The molecule has 0 heterocycles. The second-order valence-electron chi connectivity index (χ2n) is 3.55. The molecular formula is C10H15Cl2NO2S. The Kier molecular flexibility index (Phi) is 5.76. The van der Waals surface area contributed by atoms with Gasteiger partial charge in [-0.05, 0) is 37.6 Å². The number of sulfone groups is 1. The summed E-state index contributed by atoms with van der Waals surface area (Å²) in [4.78, 5) is 0.282. The zero-order valence-corrected chi connectivity index (χ0v) is 11.5. The van der Waals surface area contributed by atoms with E-state index >= 15 is 0 Å². The fourth-order valence-electron chi connectivity index (χ4n) is 1.24. The van der Waals surface area contributed by atoms with Crippen molar-refractivity contribution in [2.45, 2.75) is 30.5 Å². The first-order valence-corrected chi connectivity index (χ1v) is 6.54. The van der Waals surface area contributed by atoms with Crippen molar-refractivity contribution in [3.8, 4) is 0 Å². The molecule has 0 aliphatic rings. The van der Waals surface area contributed by atoms with E-state index in [1.165, 1.54) is 6.07 Å². The number of rotatable bonds is 3. The molecule has 0 saturated heterocycles. The van der Waals surface area contributed by atoms with E-state index in [0.29, 0.717) is 10.6 Å². The average molecular weight is 284 g/mol. The Morgan fingerprint density at radius 2 is 1.94 bits per heavy atom. The van der Waals surface area contributed by atoms with Crippen LogP contribution in [0.3, 0.4) is 0 Å². The van der Waals surface area contributed by atoms with Gasteiger partial charge in [0.15, 0.2) is 9.84 Å². The van der Waals surface area contributed by atoms with Gasteiger partial charge in [0.05, 0.1) is 10.1 Å². The monoisotopic (exact) mass is 283 g/mol. The number of halogens is 2. The third-order valence-electron chi connectivity index (χ3n) is 2.17. The van der Waals surface area contributed by atoms with Crippen LogP contribution in [0.4, 0.5) is 0 Å². The minimum Gasteiger partial charge on any atom is -0.326 e. The van der Waals surface area contributed by atoms with E-state index in [-0.39, 0.29) is 23.8 Å². The van der Waals surface area contributed by atoms with Crippen molar-refractivity contribution < 1.29 is 8.42 Å². The molecule has 1 aromatic carbocycles. The van der Waals surface area contributed by atoms with Gasteiger partial charge in [0, 0.05) is 11.6 Å². The van der Waals surface area contributed by atoms with Gasteiger partial charge in [0.25, 0.3) is 0 Å². The average Bonchev–Trinajstić information content (AvgIpc) is 2.16. The van der Waals surface area contributed by atoms with Crippen molar-refractivity contribution in [3.05, 3.63) is 28.8 Å². The molecule has 0 aliphatic carbocycles. The second kappa shape index (κ2) is 5.87.